The normalized spacial score (nSPS) is 22.1. The third kappa shape index (κ3) is 3.74. The highest BCUT2D eigenvalue weighted by Gasteiger charge is 2.44. The Balaban J connectivity index is 1.54. The summed E-state index contributed by atoms with van der Waals surface area (Å²) >= 11 is 0. The summed E-state index contributed by atoms with van der Waals surface area (Å²) in [5.41, 5.74) is 1.84. The van der Waals surface area contributed by atoms with Gasteiger partial charge in [-0.05, 0) is 18.9 Å². The number of nitrogens with one attached hydrogen (secondary N) is 2. The number of rotatable bonds is 5. The summed E-state index contributed by atoms with van der Waals surface area (Å²) in [6.45, 7) is 0.227. The van der Waals surface area contributed by atoms with Gasteiger partial charge in [0.25, 0.3) is 5.91 Å². The first-order valence-corrected chi connectivity index (χ1v) is 10.5. The Kier molecular flexibility index (Phi) is 5.65. The monoisotopic (exact) mass is 412 g/mol. The maximum atomic E-state index is 13.3. The van der Waals surface area contributed by atoms with E-state index in [1.165, 1.54) is 16.2 Å². The van der Waals surface area contributed by atoms with E-state index in [1.807, 2.05) is 18.2 Å². The standard InChI is InChI=1S/C22H28N4O4/c1-25-16-12-26(13-18(27)23-14-8-4-3-5-9-14)21(28)19(16)20(24-22(25)29)15-10-6-7-11-17(15)30-2/h6-7,10-11,14,20H,3-5,8-9,12-13H2,1-2H3,(H,23,27)(H,24,29)/t20-/m0/s1. The Morgan fingerprint density at radius 3 is 2.67 bits per heavy atom. The highest BCUT2D eigenvalue weighted by atomic mass is 16.5. The van der Waals surface area contributed by atoms with Crippen molar-refractivity contribution in [3.05, 3.63) is 41.1 Å². The summed E-state index contributed by atoms with van der Waals surface area (Å²) in [6.07, 6.45) is 5.45. The van der Waals surface area contributed by atoms with E-state index in [0.717, 1.165) is 31.2 Å². The Labute approximate surface area is 176 Å². The van der Waals surface area contributed by atoms with Gasteiger partial charge >= 0.3 is 6.03 Å². The quantitative estimate of drug-likeness (QED) is 0.773. The molecule has 4 rings (SSSR count). The van der Waals surface area contributed by atoms with Gasteiger partial charge in [0.1, 0.15) is 12.3 Å². The van der Waals surface area contributed by atoms with E-state index in [0.29, 0.717) is 17.0 Å². The molecule has 3 aliphatic rings. The Hall–Kier alpha value is -3.03. The van der Waals surface area contributed by atoms with Crippen LogP contribution in [0, 0.1) is 0 Å². The third-order valence-corrected chi connectivity index (χ3v) is 6.19. The maximum Gasteiger partial charge on any atom is 0.322 e. The smallest absolute Gasteiger partial charge is 0.322 e. The molecule has 1 saturated carbocycles. The van der Waals surface area contributed by atoms with Crippen LogP contribution < -0.4 is 15.4 Å². The molecule has 2 N–H and O–H groups in total. The van der Waals surface area contributed by atoms with Crippen LogP contribution in [0.15, 0.2) is 35.5 Å². The maximum absolute atomic E-state index is 13.3. The zero-order chi connectivity index (χ0) is 21.3. The number of para-hydroxylation sites is 1. The van der Waals surface area contributed by atoms with Crippen molar-refractivity contribution in [2.75, 3.05) is 27.2 Å². The number of likely N-dealkylation sites (N-methyl/N-ethyl adjacent to an activating group) is 1. The number of carbonyl (C=O) groups excluding carboxylic acids is 3. The number of hydrogen-bond acceptors (Lipinski definition) is 4. The third-order valence-electron chi connectivity index (χ3n) is 6.19. The molecule has 8 nitrogen and oxygen atoms in total. The van der Waals surface area contributed by atoms with Gasteiger partial charge in [0, 0.05) is 18.7 Å². The lowest BCUT2D eigenvalue weighted by Gasteiger charge is -2.31. The van der Waals surface area contributed by atoms with E-state index in [2.05, 4.69) is 10.6 Å². The predicted molar refractivity (Wildman–Crippen MR) is 111 cm³/mol. The fourth-order valence-corrected chi connectivity index (χ4v) is 4.58. The number of carbonyl (C=O) groups is 3. The number of hydrogen-bond donors (Lipinski definition) is 2. The molecule has 0 unspecified atom stereocenters. The zero-order valence-corrected chi connectivity index (χ0v) is 17.4. The van der Waals surface area contributed by atoms with Crippen LogP contribution in [0.2, 0.25) is 0 Å². The molecule has 2 aliphatic heterocycles. The molecule has 1 aromatic carbocycles. The second-order valence-corrected chi connectivity index (χ2v) is 8.11. The lowest BCUT2D eigenvalue weighted by atomic mass is 9.95. The molecular formula is C22H28N4O4. The molecule has 2 heterocycles. The molecule has 0 saturated heterocycles. The van der Waals surface area contributed by atoms with E-state index < -0.39 is 6.04 Å². The number of ether oxygens (including phenoxy) is 1. The largest absolute Gasteiger partial charge is 0.496 e. The second kappa shape index (κ2) is 8.38. The Bertz CT molecular complexity index is 891. The van der Waals surface area contributed by atoms with E-state index in [4.69, 9.17) is 4.74 Å². The van der Waals surface area contributed by atoms with Crippen LogP contribution in [-0.4, -0.2) is 60.9 Å². The van der Waals surface area contributed by atoms with Crippen LogP contribution >= 0.6 is 0 Å². The van der Waals surface area contributed by atoms with Crippen LogP contribution in [0.5, 0.6) is 5.75 Å². The van der Waals surface area contributed by atoms with Crippen molar-refractivity contribution < 1.29 is 19.1 Å². The fourth-order valence-electron chi connectivity index (χ4n) is 4.58. The van der Waals surface area contributed by atoms with E-state index in [-0.39, 0.29) is 37.0 Å². The molecule has 8 heteroatoms. The van der Waals surface area contributed by atoms with Gasteiger partial charge in [-0.15, -0.1) is 0 Å². The van der Waals surface area contributed by atoms with Crippen molar-refractivity contribution in [2.45, 2.75) is 44.2 Å². The number of nitrogens with zero attached hydrogens (tertiary/aromatic N) is 2. The number of benzene rings is 1. The van der Waals surface area contributed by atoms with Gasteiger partial charge in [-0.25, -0.2) is 4.79 Å². The lowest BCUT2D eigenvalue weighted by molar-refractivity contribution is -0.132. The van der Waals surface area contributed by atoms with Gasteiger partial charge in [0.15, 0.2) is 0 Å². The molecule has 0 spiro atoms. The summed E-state index contributed by atoms with van der Waals surface area (Å²) in [7, 11) is 3.20. The fraction of sp³-hybridized carbons (Fsp3) is 0.500. The van der Waals surface area contributed by atoms with Crippen molar-refractivity contribution in [3.8, 4) is 5.75 Å². The van der Waals surface area contributed by atoms with E-state index >= 15 is 0 Å². The molecule has 1 aliphatic carbocycles. The summed E-state index contributed by atoms with van der Waals surface area (Å²) in [4.78, 5) is 41.4. The molecule has 160 valence electrons. The van der Waals surface area contributed by atoms with Crippen molar-refractivity contribution >= 4 is 17.8 Å². The summed E-state index contributed by atoms with van der Waals surface area (Å²) < 4.78 is 5.44. The van der Waals surface area contributed by atoms with Crippen molar-refractivity contribution in [1.29, 1.82) is 0 Å². The molecular weight excluding hydrogens is 384 g/mol. The van der Waals surface area contributed by atoms with E-state index in [1.54, 1.807) is 20.2 Å². The summed E-state index contributed by atoms with van der Waals surface area (Å²) in [5.74, 6) is 0.220. The van der Waals surface area contributed by atoms with Crippen molar-refractivity contribution in [2.24, 2.45) is 0 Å². The molecule has 0 bridgehead atoms. The number of methoxy groups -OCH3 is 1. The van der Waals surface area contributed by atoms with E-state index in [9.17, 15) is 14.4 Å². The minimum atomic E-state index is -0.612. The molecule has 0 radical (unpaired) electrons. The van der Waals surface area contributed by atoms with Crippen LogP contribution in [-0.2, 0) is 9.59 Å². The van der Waals surface area contributed by atoms with Crippen LogP contribution in [0.3, 0.4) is 0 Å². The summed E-state index contributed by atoms with van der Waals surface area (Å²) in [5, 5.41) is 5.96. The van der Waals surface area contributed by atoms with Gasteiger partial charge in [-0.1, -0.05) is 37.5 Å². The highest BCUT2D eigenvalue weighted by molar-refractivity contribution is 6.03. The number of urea groups is 1. The van der Waals surface area contributed by atoms with Gasteiger partial charge < -0.3 is 20.3 Å². The zero-order valence-electron chi connectivity index (χ0n) is 17.4. The first kappa shape index (κ1) is 20.3. The Morgan fingerprint density at radius 1 is 1.20 bits per heavy atom. The predicted octanol–water partition coefficient (Wildman–Crippen LogP) is 1.94. The second-order valence-electron chi connectivity index (χ2n) is 8.11. The van der Waals surface area contributed by atoms with Crippen molar-refractivity contribution in [3.63, 3.8) is 0 Å². The molecule has 1 atom stereocenters. The molecule has 30 heavy (non-hydrogen) atoms. The van der Waals surface area contributed by atoms with Gasteiger partial charge in [0.2, 0.25) is 5.91 Å². The first-order chi connectivity index (χ1) is 14.5. The molecule has 1 aromatic rings. The SMILES string of the molecule is COc1ccccc1[C@@H]1NC(=O)N(C)C2=C1C(=O)N(CC(=O)NC1CCCCC1)C2. The average Bonchev–Trinajstić information content (AvgIpc) is 3.07. The number of amides is 4. The molecule has 1 fully saturated rings. The van der Waals surface area contributed by atoms with Gasteiger partial charge in [-0.2, -0.15) is 0 Å². The molecule has 0 aromatic heterocycles. The van der Waals surface area contributed by atoms with Crippen LogP contribution in [0.25, 0.3) is 0 Å². The Morgan fingerprint density at radius 2 is 1.93 bits per heavy atom. The minimum Gasteiger partial charge on any atom is -0.496 e. The van der Waals surface area contributed by atoms with Gasteiger partial charge in [0.05, 0.1) is 31.0 Å². The summed E-state index contributed by atoms with van der Waals surface area (Å²) in [6, 6.07) is 6.62. The van der Waals surface area contributed by atoms with Crippen LogP contribution in [0.1, 0.15) is 43.7 Å². The topological polar surface area (TPSA) is 91.0 Å². The molecule has 4 amide bonds. The lowest BCUT2D eigenvalue weighted by Crippen LogP contribution is -2.45. The minimum absolute atomic E-state index is 0.0109. The van der Waals surface area contributed by atoms with Crippen LogP contribution in [0.4, 0.5) is 4.79 Å². The highest BCUT2D eigenvalue weighted by Crippen LogP contribution is 2.38. The van der Waals surface area contributed by atoms with Crippen molar-refractivity contribution in [1.82, 2.24) is 20.4 Å². The average molecular weight is 412 g/mol. The van der Waals surface area contributed by atoms with Gasteiger partial charge in [-0.3, -0.25) is 14.5 Å². The first-order valence-electron chi connectivity index (χ1n) is 10.5.